The van der Waals surface area contributed by atoms with Gasteiger partial charge in [0.2, 0.25) is 5.88 Å². The number of nitrogens with zero attached hydrogens (tertiary/aromatic N) is 3. The molecule has 0 aromatic carbocycles. The normalized spacial score (nSPS) is 17.4. The van der Waals surface area contributed by atoms with Gasteiger partial charge in [-0.15, -0.1) is 0 Å². The highest BCUT2D eigenvalue weighted by Crippen LogP contribution is 2.30. The molecule has 2 heterocycles. The zero-order valence-corrected chi connectivity index (χ0v) is 13.5. The minimum absolute atomic E-state index is 0.0242. The van der Waals surface area contributed by atoms with Crippen molar-refractivity contribution in [2.45, 2.75) is 12.6 Å². The quantitative estimate of drug-likeness (QED) is 0.876. The van der Waals surface area contributed by atoms with Crippen molar-refractivity contribution in [2.24, 2.45) is 0 Å². The van der Waals surface area contributed by atoms with E-state index in [0.717, 1.165) is 6.08 Å². The zero-order valence-electron chi connectivity index (χ0n) is 12.7. The Kier molecular flexibility index (Phi) is 4.80. The molecule has 2 aromatic heterocycles. The lowest BCUT2D eigenvalue weighted by molar-refractivity contribution is 0.0696. The van der Waals surface area contributed by atoms with Crippen molar-refractivity contribution in [3.05, 3.63) is 58.7 Å². The highest BCUT2D eigenvalue weighted by atomic mass is 35.5. The smallest absolute Gasteiger partial charge is 0.335 e. The van der Waals surface area contributed by atoms with E-state index in [1.54, 1.807) is 0 Å². The third-order valence-electron chi connectivity index (χ3n) is 3.54. The summed E-state index contributed by atoms with van der Waals surface area (Å²) in [5, 5.41) is 13.1. The molecule has 0 saturated carbocycles. The molecule has 25 heavy (non-hydrogen) atoms. The van der Waals surface area contributed by atoms with E-state index in [9.17, 15) is 13.6 Å². The topological polar surface area (TPSA) is 77.2 Å². The maximum Gasteiger partial charge on any atom is 0.335 e. The van der Waals surface area contributed by atoms with Gasteiger partial charge >= 0.3 is 5.97 Å². The van der Waals surface area contributed by atoms with Crippen LogP contribution in [0, 0.1) is 0 Å². The molecule has 1 N–H and O–H groups in total. The molecule has 6 nitrogen and oxygen atoms in total. The molecule has 0 spiro atoms. The Bertz CT molecular complexity index is 879. The Hall–Kier alpha value is -2.74. The van der Waals surface area contributed by atoms with Gasteiger partial charge < -0.3 is 9.84 Å². The number of halogens is 3. The van der Waals surface area contributed by atoms with Gasteiger partial charge in [0, 0.05) is 29.3 Å². The number of aromatic carboxylic acids is 1. The monoisotopic (exact) mass is 367 g/mol. The van der Waals surface area contributed by atoms with E-state index in [2.05, 4.69) is 10.1 Å². The molecule has 1 aliphatic rings. The van der Waals surface area contributed by atoms with Gasteiger partial charge in [0.25, 0.3) is 0 Å². The first-order chi connectivity index (χ1) is 12.0. The van der Waals surface area contributed by atoms with Gasteiger partial charge in [-0.2, -0.15) is 9.78 Å². The number of rotatable bonds is 5. The Balaban J connectivity index is 1.82. The van der Waals surface area contributed by atoms with Crippen LogP contribution >= 0.6 is 11.6 Å². The first-order valence-corrected chi connectivity index (χ1v) is 7.58. The molecule has 2 aromatic rings. The lowest BCUT2D eigenvalue weighted by Crippen LogP contribution is -2.18. The van der Waals surface area contributed by atoms with Crippen molar-refractivity contribution in [3.63, 3.8) is 0 Å². The van der Waals surface area contributed by atoms with E-state index in [-0.39, 0.29) is 40.9 Å². The molecule has 1 unspecified atom stereocenters. The lowest BCUT2D eigenvalue weighted by Gasteiger charge is -2.18. The van der Waals surface area contributed by atoms with Crippen LogP contribution in [0.4, 0.5) is 8.78 Å². The second kappa shape index (κ2) is 7.02. The molecular weight excluding hydrogens is 356 g/mol. The molecule has 3 rings (SSSR count). The standard InChI is InChI=1S/C16H12ClF2N3O3/c17-10-6-12(18)11(13(19)7-10)8-25-15-2-4-21-22(15)14-5-9(16(23)24)1-3-20-14/h1-6,13H,7-8H2,(H,23,24). The van der Waals surface area contributed by atoms with Gasteiger partial charge in [0.1, 0.15) is 18.6 Å². The molecule has 0 radical (unpaired) electrons. The van der Waals surface area contributed by atoms with Crippen LogP contribution in [-0.2, 0) is 0 Å². The summed E-state index contributed by atoms with van der Waals surface area (Å²) in [5.74, 6) is -1.50. The summed E-state index contributed by atoms with van der Waals surface area (Å²) in [6.45, 7) is -0.335. The van der Waals surface area contributed by atoms with Crippen molar-refractivity contribution in [1.29, 1.82) is 0 Å². The number of aromatic nitrogens is 3. The van der Waals surface area contributed by atoms with Crippen molar-refractivity contribution in [2.75, 3.05) is 6.61 Å². The summed E-state index contributed by atoms with van der Waals surface area (Å²) in [4.78, 5) is 15.1. The molecule has 130 valence electrons. The Morgan fingerprint density at radius 2 is 2.24 bits per heavy atom. The zero-order chi connectivity index (χ0) is 18.0. The van der Waals surface area contributed by atoms with Gasteiger partial charge in [-0.05, 0) is 18.2 Å². The fourth-order valence-electron chi connectivity index (χ4n) is 2.28. The van der Waals surface area contributed by atoms with Crippen LogP contribution in [0.5, 0.6) is 5.88 Å². The molecule has 1 atom stereocenters. The van der Waals surface area contributed by atoms with Crippen LogP contribution in [0.1, 0.15) is 16.8 Å². The number of pyridine rings is 1. The lowest BCUT2D eigenvalue weighted by atomic mass is 10.0. The number of ether oxygens (including phenoxy) is 1. The maximum atomic E-state index is 13.9. The maximum absolute atomic E-state index is 13.9. The minimum atomic E-state index is -1.57. The summed E-state index contributed by atoms with van der Waals surface area (Å²) in [7, 11) is 0. The van der Waals surface area contributed by atoms with E-state index in [1.807, 2.05) is 0 Å². The molecular formula is C16H12ClF2N3O3. The van der Waals surface area contributed by atoms with Crippen LogP contribution < -0.4 is 4.74 Å². The highest BCUT2D eigenvalue weighted by Gasteiger charge is 2.24. The summed E-state index contributed by atoms with van der Waals surface area (Å²) in [6, 6.07) is 4.12. The summed E-state index contributed by atoms with van der Waals surface area (Å²) >= 11 is 5.65. The average molecular weight is 368 g/mol. The predicted molar refractivity (Wildman–Crippen MR) is 85.4 cm³/mol. The van der Waals surface area contributed by atoms with Gasteiger partial charge in [0.15, 0.2) is 5.82 Å². The van der Waals surface area contributed by atoms with Crippen LogP contribution in [0.25, 0.3) is 5.82 Å². The van der Waals surface area contributed by atoms with Crippen molar-refractivity contribution in [1.82, 2.24) is 14.8 Å². The average Bonchev–Trinajstić information content (AvgIpc) is 3.02. The molecule has 9 heteroatoms. The van der Waals surface area contributed by atoms with Crippen LogP contribution in [0.3, 0.4) is 0 Å². The van der Waals surface area contributed by atoms with Crippen molar-refractivity contribution in [3.8, 4) is 11.7 Å². The van der Waals surface area contributed by atoms with Crippen LogP contribution in [0.2, 0.25) is 0 Å². The van der Waals surface area contributed by atoms with E-state index >= 15 is 0 Å². The van der Waals surface area contributed by atoms with E-state index in [0.29, 0.717) is 0 Å². The van der Waals surface area contributed by atoms with Crippen molar-refractivity contribution >= 4 is 17.6 Å². The van der Waals surface area contributed by atoms with Gasteiger partial charge in [0.05, 0.1) is 11.8 Å². The molecule has 0 aliphatic heterocycles. The molecule has 0 amide bonds. The fourth-order valence-corrected chi connectivity index (χ4v) is 2.52. The highest BCUT2D eigenvalue weighted by molar-refractivity contribution is 6.29. The number of carbonyl (C=O) groups is 1. The Morgan fingerprint density at radius 3 is 2.96 bits per heavy atom. The number of allylic oxidation sites excluding steroid dienone is 3. The fraction of sp³-hybridized carbons (Fsp3) is 0.188. The second-order valence-electron chi connectivity index (χ2n) is 5.21. The molecule has 1 aliphatic carbocycles. The van der Waals surface area contributed by atoms with Crippen molar-refractivity contribution < 1.29 is 23.4 Å². The first kappa shape index (κ1) is 17.1. The minimum Gasteiger partial charge on any atom is -0.478 e. The third kappa shape index (κ3) is 3.69. The van der Waals surface area contributed by atoms with E-state index < -0.39 is 18.0 Å². The first-order valence-electron chi connectivity index (χ1n) is 7.21. The largest absolute Gasteiger partial charge is 0.478 e. The predicted octanol–water partition coefficient (Wildman–Crippen LogP) is 3.43. The van der Waals surface area contributed by atoms with E-state index in [1.165, 1.54) is 35.3 Å². The summed E-state index contributed by atoms with van der Waals surface area (Å²) in [5.41, 5.74) is -0.125. The molecule has 0 saturated heterocycles. The second-order valence-corrected chi connectivity index (χ2v) is 5.70. The SMILES string of the molecule is O=C(O)c1ccnc(-n2nccc2OCC2=C(F)C=C(Cl)CC2F)c1. The molecule has 0 fully saturated rings. The number of carboxylic acid groups (broad SMARTS) is 1. The molecule has 0 bridgehead atoms. The number of hydrogen-bond acceptors (Lipinski definition) is 4. The summed E-state index contributed by atoms with van der Waals surface area (Å²) < 4.78 is 34.5. The summed E-state index contributed by atoms with van der Waals surface area (Å²) in [6.07, 6.45) is 2.11. The van der Waals surface area contributed by atoms with Crippen LogP contribution in [0.15, 0.2) is 53.1 Å². The van der Waals surface area contributed by atoms with Crippen LogP contribution in [-0.4, -0.2) is 38.6 Å². The Morgan fingerprint density at radius 1 is 1.44 bits per heavy atom. The van der Waals surface area contributed by atoms with E-state index in [4.69, 9.17) is 21.4 Å². The third-order valence-corrected chi connectivity index (χ3v) is 3.80. The number of alkyl halides is 1. The van der Waals surface area contributed by atoms with Gasteiger partial charge in [-0.3, -0.25) is 0 Å². The van der Waals surface area contributed by atoms with Gasteiger partial charge in [-0.1, -0.05) is 11.6 Å². The van der Waals surface area contributed by atoms with Gasteiger partial charge in [-0.25, -0.2) is 18.6 Å². The Labute approximate surface area is 146 Å². The number of hydrogen-bond donors (Lipinski definition) is 1. The number of carboxylic acids is 1.